The monoisotopic (exact) mass is 385 g/mol. The van der Waals surface area contributed by atoms with E-state index >= 15 is 0 Å². The zero-order valence-corrected chi connectivity index (χ0v) is 14.7. The Hall–Kier alpha value is -1.15. The number of rotatable bonds is 5. The van der Waals surface area contributed by atoms with Gasteiger partial charge in [0.1, 0.15) is 24.0 Å². The van der Waals surface area contributed by atoms with Crippen LogP contribution in [0.15, 0.2) is 22.7 Å². The number of para-hydroxylation sites is 1. The highest BCUT2D eigenvalue weighted by Gasteiger charge is 2.56. The van der Waals surface area contributed by atoms with Crippen molar-refractivity contribution in [3.05, 3.63) is 28.2 Å². The molecule has 3 rings (SSSR count). The molecule has 0 bridgehead atoms. The van der Waals surface area contributed by atoms with Gasteiger partial charge in [0, 0.05) is 5.56 Å². The minimum Gasteiger partial charge on any atom is -0.492 e. The van der Waals surface area contributed by atoms with Crippen molar-refractivity contribution < 1.29 is 24.2 Å². The van der Waals surface area contributed by atoms with Crippen LogP contribution in [0.25, 0.3) is 0 Å². The molecule has 0 unspecified atom stereocenters. The van der Waals surface area contributed by atoms with Crippen LogP contribution in [0.2, 0.25) is 0 Å². The molecule has 1 aromatic carbocycles. The average Bonchev–Trinajstić information content (AvgIpc) is 3.02. The highest BCUT2D eigenvalue weighted by atomic mass is 79.9. The number of benzene rings is 1. The first-order valence-corrected chi connectivity index (χ1v) is 8.51. The second-order valence-electron chi connectivity index (χ2n) is 5.73. The topological polar surface area (TPSA) is 68.2 Å². The van der Waals surface area contributed by atoms with Gasteiger partial charge in [-0.15, -0.1) is 0 Å². The molecule has 0 aromatic heterocycles. The summed E-state index contributed by atoms with van der Waals surface area (Å²) in [7, 11) is 0. The fourth-order valence-corrected chi connectivity index (χ4v) is 3.83. The highest BCUT2D eigenvalue weighted by molar-refractivity contribution is 9.10. The molecule has 6 nitrogen and oxygen atoms in total. The van der Waals surface area contributed by atoms with Crippen LogP contribution >= 0.6 is 15.9 Å². The number of esters is 1. The summed E-state index contributed by atoms with van der Waals surface area (Å²) < 4.78 is 11.9. The molecule has 0 radical (unpaired) electrons. The van der Waals surface area contributed by atoms with E-state index < -0.39 is 12.1 Å². The Morgan fingerprint density at radius 2 is 2.22 bits per heavy atom. The van der Waals surface area contributed by atoms with Gasteiger partial charge >= 0.3 is 5.97 Å². The van der Waals surface area contributed by atoms with Gasteiger partial charge in [0.25, 0.3) is 0 Å². The maximum absolute atomic E-state index is 12.1. The van der Waals surface area contributed by atoms with E-state index in [1.807, 2.05) is 32.0 Å². The van der Waals surface area contributed by atoms with Crippen LogP contribution in [-0.2, 0) is 20.9 Å². The molecule has 2 heterocycles. The molecule has 1 aromatic rings. The van der Waals surface area contributed by atoms with Gasteiger partial charge in [-0.25, -0.2) is 0 Å². The van der Waals surface area contributed by atoms with Crippen molar-refractivity contribution in [1.82, 2.24) is 5.06 Å². The number of hydroxylamine groups is 2. The van der Waals surface area contributed by atoms with Crippen molar-refractivity contribution in [3.8, 4) is 5.75 Å². The Kier molecular flexibility index (Phi) is 4.91. The summed E-state index contributed by atoms with van der Waals surface area (Å²) in [5.41, 5.74) is 0.908. The fraction of sp³-hybridized carbons (Fsp3) is 0.562. The molecule has 7 heteroatoms. The molecule has 2 aliphatic rings. The van der Waals surface area contributed by atoms with E-state index in [4.69, 9.17) is 14.3 Å². The number of cyclic esters (lactones) is 1. The molecule has 0 amide bonds. The van der Waals surface area contributed by atoms with Gasteiger partial charge < -0.3 is 14.6 Å². The second kappa shape index (κ2) is 6.76. The quantitative estimate of drug-likeness (QED) is 0.780. The molecular weight excluding hydrogens is 366 g/mol. The van der Waals surface area contributed by atoms with Gasteiger partial charge in [-0.2, -0.15) is 5.06 Å². The Labute approximate surface area is 143 Å². The van der Waals surface area contributed by atoms with E-state index in [2.05, 4.69) is 15.9 Å². The summed E-state index contributed by atoms with van der Waals surface area (Å²) in [5, 5.41) is 11.1. The van der Waals surface area contributed by atoms with Crippen molar-refractivity contribution in [3.63, 3.8) is 0 Å². The largest absolute Gasteiger partial charge is 0.492 e. The van der Waals surface area contributed by atoms with Crippen molar-refractivity contribution in [2.45, 2.75) is 38.6 Å². The summed E-state index contributed by atoms with van der Waals surface area (Å²) in [5.74, 6) is 0.281. The molecule has 0 spiro atoms. The third-order valence-electron chi connectivity index (χ3n) is 4.30. The van der Waals surface area contributed by atoms with Gasteiger partial charge in [-0.05, 0) is 35.8 Å². The maximum atomic E-state index is 12.1. The molecule has 2 saturated heterocycles. The van der Waals surface area contributed by atoms with Crippen LogP contribution in [0.1, 0.15) is 19.4 Å². The molecular formula is C16H20BrNO5. The van der Waals surface area contributed by atoms with E-state index in [1.165, 1.54) is 0 Å². The van der Waals surface area contributed by atoms with Crippen LogP contribution in [0.4, 0.5) is 0 Å². The number of fused-ring (bicyclic) bond motifs is 1. The molecule has 0 saturated carbocycles. The predicted octanol–water partition coefficient (Wildman–Crippen LogP) is 1.89. The van der Waals surface area contributed by atoms with Crippen LogP contribution in [0, 0.1) is 5.92 Å². The summed E-state index contributed by atoms with van der Waals surface area (Å²) in [6.07, 6.45) is -0.687. The van der Waals surface area contributed by atoms with Crippen LogP contribution in [0.5, 0.6) is 5.75 Å². The van der Waals surface area contributed by atoms with E-state index in [-0.39, 0.29) is 24.6 Å². The Bertz CT molecular complexity index is 596. The minimum absolute atomic E-state index is 0.143. The summed E-state index contributed by atoms with van der Waals surface area (Å²) in [6, 6.07) is 5.26. The van der Waals surface area contributed by atoms with Gasteiger partial charge in [-0.3, -0.25) is 9.63 Å². The molecule has 4 atom stereocenters. The van der Waals surface area contributed by atoms with Gasteiger partial charge in [0.15, 0.2) is 0 Å². The van der Waals surface area contributed by atoms with Crippen molar-refractivity contribution in [2.24, 2.45) is 5.92 Å². The fourth-order valence-electron chi connectivity index (χ4n) is 3.31. The summed E-state index contributed by atoms with van der Waals surface area (Å²) in [6.45, 7) is 4.54. The number of carbonyl (C=O) groups is 1. The number of halogens is 1. The molecule has 2 aliphatic heterocycles. The lowest BCUT2D eigenvalue weighted by Crippen LogP contribution is -2.35. The average molecular weight is 386 g/mol. The van der Waals surface area contributed by atoms with Gasteiger partial charge in [0.05, 0.1) is 30.1 Å². The van der Waals surface area contributed by atoms with Crippen LogP contribution in [0.3, 0.4) is 0 Å². The smallest absolute Gasteiger partial charge is 0.326 e. The van der Waals surface area contributed by atoms with Gasteiger partial charge in [0.2, 0.25) is 0 Å². The molecule has 1 N–H and O–H groups in total. The zero-order valence-electron chi connectivity index (χ0n) is 13.1. The number of aliphatic hydroxyl groups is 1. The van der Waals surface area contributed by atoms with E-state index in [0.29, 0.717) is 13.2 Å². The van der Waals surface area contributed by atoms with Crippen molar-refractivity contribution in [1.29, 1.82) is 0 Å². The number of hydrogen-bond acceptors (Lipinski definition) is 6. The molecule has 0 aliphatic carbocycles. The predicted molar refractivity (Wildman–Crippen MR) is 85.6 cm³/mol. The van der Waals surface area contributed by atoms with E-state index in [1.54, 1.807) is 5.06 Å². The molecule has 23 heavy (non-hydrogen) atoms. The lowest BCUT2D eigenvalue weighted by atomic mass is 9.93. The van der Waals surface area contributed by atoms with Crippen LogP contribution in [-0.4, -0.2) is 47.6 Å². The third-order valence-corrected chi connectivity index (χ3v) is 4.93. The number of hydrogen-bond donors (Lipinski definition) is 1. The number of ether oxygens (including phenoxy) is 2. The maximum Gasteiger partial charge on any atom is 0.326 e. The van der Waals surface area contributed by atoms with Crippen molar-refractivity contribution >= 4 is 21.9 Å². The first-order valence-electron chi connectivity index (χ1n) is 7.71. The molecule has 126 valence electrons. The third kappa shape index (κ3) is 2.98. The Morgan fingerprint density at radius 3 is 2.91 bits per heavy atom. The lowest BCUT2D eigenvalue weighted by molar-refractivity contribution is -0.195. The van der Waals surface area contributed by atoms with Crippen LogP contribution < -0.4 is 4.74 Å². The standard InChI is InChI=1S/C16H20BrNO5/c1-3-21-15-10(5-4-6-11(15)17)7-18-14-13(12(8-19)23-18)9(2)22-16(14)20/h4-6,9,12-14,19H,3,7-8H2,1-2H3/t9-,12-,13+,14-/m0/s1. The normalized spacial score (nSPS) is 30.3. The number of nitrogens with zero attached hydrogens (tertiary/aromatic N) is 1. The SMILES string of the molecule is CCOc1c(Br)cccc1CN1O[C@@H](CO)[C@H]2[C@H](C)OC(=O)[C@H]21. The van der Waals surface area contributed by atoms with E-state index in [9.17, 15) is 9.90 Å². The number of aliphatic hydroxyl groups excluding tert-OH is 1. The Morgan fingerprint density at radius 1 is 1.43 bits per heavy atom. The number of carbonyl (C=O) groups excluding carboxylic acids is 1. The lowest BCUT2D eigenvalue weighted by Gasteiger charge is -2.21. The van der Waals surface area contributed by atoms with Crippen molar-refractivity contribution in [2.75, 3.05) is 13.2 Å². The summed E-state index contributed by atoms with van der Waals surface area (Å²) in [4.78, 5) is 17.9. The molecule has 2 fully saturated rings. The summed E-state index contributed by atoms with van der Waals surface area (Å²) >= 11 is 3.48. The first kappa shape index (κ1) is 16.7. The highest BCUT2D eigenvalue weighted by Crippen LogP contribution is 2.39. The Balaban J connectivity index is 1.86. The minimum atomic E-state index is -0.490. The zero-order chi connectivity index (χ0) is 16.6. The van der Waals surface area contributed by atoms with E-state index in [0.717, 1.165) is 15.8 Å². The first-order chi connectivity index (χ1) is 11.1. The van der Waals surface area contributed by atoms with Gasteiger partial charge in [-0.1, -0.05) is 12.1 Å². The second-order valence-corrected chi connectivity index (χ2v) is 6.58.